The minimum atomic E-state index is -0.463. The van der Waals surface area contributed by atoms with Gasteiger partial charge in [-0.1, -0.05) is 0 Å². The van der Waals surface area contributed by atoms with Crippen molar-refractivity contribution >= 4 is 17.4 Å². The van der Waals surface area contributed by atoms with Gasteiger partial charge in [0, 0.05) is 11.0 Å². The van der Waals surface area contributed by atoms with Crippen molar-refractivity contribution < 1.29 is 4.92 Å². The summed E-state index contributed by atoms with van der Waals surface area (Å²) in [7, 11) is 0. The van der Waals surface area contributed by atoms with Gasteiger partial charge in [-0.2, -0.15) is 0 Å². The summed E-state index contributed by atoms with van der Waals surface area (Å²) in [5.74, 6) is 0. The van der Waals surface area contributed by atoms with E-state index in [0.29, 0.717) is 0 Å². The Hall–Kier alpha value is -1.16. The van der Waals surface area contributed by atoms with E-state index in [1.54, 1.807) is 0 Å². The molecule has 0 aromatic carbocycles. The van der Waals surface area contributed by atoms with Crippen LogP contribution >= 0.6 is 11.3 Å². The molecule has 0 bridgehead atoms. The number of aryl methyl sites for hydroxylation is 1. The number of rotatable bonds is 2. The van der Waals surface area contributed by atoms with Gasteiger partial charge in [-0.05, 0) is 23.9 Å². The van der Waals surface area contributed by atoms with E-state index in [9.17, 15) is 10.1 Å². The summed E-state index contributed by atoms with van der Waals surface area (Å²) in [6, 6.07) is 1.91. The first-order chi connectivity index (χ1) is 5.18. The van der Waals surface area contributed by atoms with Crippen LogP contribution in [0.15, 0.2) is 17.6 Å². The highest BCUT2D eigenvalue weighted by molar-refractivity contribution is 7.11. The smallest absolute Gasteiger partial charge is 0.235 e. The van der Waals surface area contributed by atoms with E-state index in [1.165, 1.54) is 17.4 Å². The van der Waals surface area contributed by atoms with E-state index >= 15 is 0 Å². The lowest BCUT2D eigenvalue weighted by Crippen LogP contribution is -1.80. The fraction of sp³-hybridized carbons (Fsp3) is 0.143. The molecule has 0 atom stereocenters. The van der Waals surface area contributed by atoms with Crippen LogP contribution in [-0.2, 0) is 0 Å². The van der Waals surface area contributed by atoms with Gasteiger partial charge in [-0.25, -0.2) is 0 Å². The normalized spacial score (nSPS) is 10.6. The van der Waals surface area contributed by atoms with Crippen molar-refractivity contribution in [1.29, 1.82) is 0 Å². The Morgan fingerprint density at radius 1 is 1.73 bits per heavy atom. The second-order valence-electron chi connectivity index (χ2n) is 2.13. The third kappa shape index (κ3) is 2.51. The molecule has 0 fully saturated rings. The van der Waals surface area contributed by atoms with Gasteiger partial charge in [-0.15, -0.1) is 11.3 Å². The fourth-order valence-electron chi connectivity index (χ4n) is 0.675. The van der Waals surface area contributed by atoms with Crippen molar-refractivity contribution in [2.45, 2.75) is 6.92 Å². The molecule has 0 aliphatic carbocycles. The summed E-state index contributed by atoms with van der Waals surface area (Å²) in [6.45, 7) is 1.96. The molecule has 0 radical (unpaired) electrons. The molecule has 0 saturated heterocycles. The van der Waals surface area contributed by atoms with E-state index in [0.717, 1.165) is 16.6 Å². The topological polar surface area (TPSA) is 43.1 Å². The Kier molecular flexibility index (Phi) is 2.38. The van der Waals surface area contributed by atoms with Crippen molar-refractivity contribution in [3.63, 3.8) is 0 Å². The Balaban J connectivity index is 2.71. The summed E-state index contributed by atoms with van der Waals surface area (Å²) in [4.78, 5) is 10.4. The first kappa shape index (κ1) is 7.94. The molecular formula is C7H7NO2S. The summed E-state index contributed by atoms with van der Waals surface area (Å²) >= 11 is 1.50. The Labute approximate surface area is 68.1 Å². The molecule has 1 aromatic rings. The Morgan fingerprint density at radius 2 is 2.45 bits per heavy atom. The first-order valence-electron chi connectivity index (χ1n) is 3.05. The molecule has 0 unspecified atom stereocenters. The summed E-state index contributed by atoms with van der Waals surface area (Å²) in [5, 5.41) is 11.9. The van der Waals surface area contributed by atoms with Gasteiger partial charge < -0.3 is 0 Å². The number of hydrogen-bond acceptors (Lipinski definition) is 3. The van der Waals surface area contributed by atoms with Gasteiger partial charge >= 0.3 is 0 Å². The SMILES string of the molecule is Cc1csc(/C=C\[N+](=O)[O-])c1. The lowest BCUT2D eigenvalue weighted by molar-refractivity contribution is -0.400. The van der Waals surface area contributed by atoms with Gasteiger partial charge in [-0.3, -0.25) is 10.1 Å². The third-order valence-electron chi connectivity index (χ3n) is 1.11. The first-order valence-corrected chi connectivity index (χ1v) is 3.93. The predicted octanol–water partition coefficient (Wildman–Crippen LogP) is 2.30. The van der Waals surface area contributed by atoms with Crippen LogP contribution in [0.1, 0.15) is 10.4 Å². The molecule has 3 nitrogen and oxygen atoms in total. The van der Waals surface area contributed by atoms with Gasteiger partial charge in [0.05, 0.1) is 4.92 Å². The molecule has 1 rings (SSSR count). The van der Waals surface area contributed by atoms with E-state index in [2.05, 4.69) is 0 Å². The lowest BCUT2D eigenvalue weighted by atomic mass is 10.3. The minimum absolute atomic E-state index is 0.463. The largest absolute Gasteiger partial charge is 0.259 e. The molecule has 11 heavy (non-hydrogen) atoms. The van der Waals surface area contributed by atoms with Crippen molar-refractivity contribution in [2.24, 2.45) is 0 Å². The molecule has 58 valence electrons. The van der Waals surface area contributed by atoms with Gasteiger partial charge in [0.2, 0.25) is 6.20 Å². The number of thiophene rings is 1. The van der Waals surface area contributed by atoms with Gasteiger partial charge in [0.25, 0.3) is 0 Å². The second-order valence-corrected chi connectivity index (χ2v) is 3.07. The van der Waals surface area contributed by atoms with Crippen LogP contribution < -0.4 is 0 Å². The van der Waals surface area contributed by atoms with Crippen molar-refractivity contribution in [3.05, 3.63) is 38.2 Å². The van der Waals surface area contributed by atoms with Gasteiger partial charge in [0.15, 0.2) is 0 Å². The monoisotopic (exact) mass is 169 g/mol. The zero-order chi connectivity index (χ0) is 8.27. The molecule has 0 saturated carbocycles. The van der Waals surface area contributed by atoms with E-state index in [-0.39, 0.29) is 0 Å². The second kappa shape index (κ2) is 3.30. The molecule has 1 aromatic heterocycles. The highest BCUT2D eigenvalue weighted by Crippen LogP contribution is 2.14. The third-order valence-corrected chi connectivity index (χ3v) is 2.13. The standard InChI is InChI=1S/C7H7NO2S/c1-6-4-7(11-5-6)2-3-8(9)10/h2-5H,1H3/b3-2-. The van der Waals surface area contributed by atoms with Crippen molar-refractivity contribution in [1.82, 2.24) is 0 Å². The minimum Gasteiger partial charge on any atom is -0.259 e. The Bertz CT molecular complexity index is 290. The van der Waals surface area contributed by atoms with Crippen LogP contribution in [0.2, 0.25) is 0 Å². The van der Waals surface area contributed by atoms with Crippen molar-refractivity contribution in [3.8, 4) is 0 Å². The maximum absolute atomic E-state index is 9.90. The molecule has 0 amide bonds. The quantitative estimate of drug-likeness (QED) is 0.503. The number of nitrogens with zero attached hydrogens (tertiary/aromatic N) is 1. The maximum Gasteiger partial charge on any atom is 0.235 e. The zero-order valence-corrected chi connectivity index (χ0v) is 6.80. The van der Waals surface area contributed by atoms with E-state index in [4.69, 9.17) is 0 Å². The average molecular weight is 169 g/mol. The Morgan fingerprint density at radius 3 is 2.91 bits per heavy atom. The molecule has 0 aliphatic heterocycles. The molecule has 0 spiro atoms. The van der Waals surface area contributed by atoms with Crippen LogP contribution in [0, 0.1) is 17.0 Å². The zero-order valence-electron chi connectivity index (χ0n) is 5.98. The predicted molar refractivity (Wildman–Crippen MR) is 45.1 cm³/mol. The summed E-state index contributed by atoms with van der Waals surface area (Å²) in [5.41, 5.74) is 1.14. The van der Waals surface area contributed by atoms with E-state index < -0.39 is 4.92 Å². The van der Waals surface area contributed by atoms with Crippen LogP contribution in [0.3, 0.4) is 0 Å². The molecule has 0 aliphatic rings. The molecule has 4 heteroatoms. The average Bonchev–Trinajstić information content (AvgIpc) is 2.31. The highest BCUT2D eigenvalue weighted by atomic mass is 32.1. The number of hydrogen-bond donors (Lipinski definition) is 0. The molecule has 1 heterocycles. The van der Waals surface area contributed by atoms with Crippen LogP contribution in [0.5, 0.6) is 0 Å². The summed E-state index contributed by atoms with van der Waals surface area (Å²) in [6.07, 6.45) is 2.45. The molecular weight excluding hydrogens is 162 g/mol. The van der Waals surface area contributed by atoms with E-state index in [1.807, 2.05) is 18.4 Å². The van der Waals surface area contributed by atoms with Gasteiger partial charge in [0.1, 0.15) is 0 Å². The van der Waals surface area contributed by atoms with Crippen molar-refractivity contribution in [2.75, 3.05) is 0 Å². The van der Waals surface area contributed by atoms with Crippen LogP contribution in [0.25, 0.3) is 6.08 Å². The summed E-state index contributed by atoms with van der Waals surface area (Å²) < 4.78 is 0. The number of nitro groups is 1. The van der Waals surface area contributed by atoms with Crippen LogP contribution in [0.4, 0.5) is 0 Å². The lowest BCUT2D eigenvalue weighted by Gasteiger charge is -1.78. The molecule has 0 N–H and O–H groups in total. The maximum atomic E-state index is 9.90. The highest BCUT2D eigenvalue weighted by Gasteiger charge is 1.92. The fourth-order valence-corrected chi connectivity index (χ4v) is 1.46. The van der Waals surface area contributed by atoms with Crippen LogP contribution in [-0.4, -0.2) is 4.92 Å².